The average molecular weight is 266 g/mol. The van der Waals surface area contributed by atoms with Crippen LogP contribution in [0.4, 0.5) is 0 Å². The zero-order valence-corrected chi connectivity index (χ0v) is 9.94. The summed E-state index contributed by atoms with van der Waals surface area (Å²) in [6, 6.07) is 4.25. The van der Waals surface area contributed by atoms with Gasteiger partial charge in [-0.2, -0.15) is 0 Å². The number of nitrogens with two attached hydrogens (primary N) is 1. The molecule has 0 saturated carbocycles. The van der Waals surface area contributed by atoms with Gasteiger partial charge in [-0.25, -0.2) is 0 Å². The van der Waals surface area contributed by atoms with Crippen LogP contribution in [0.2, 0.25) is 10.0 Å². The molecule has 0 spiro atoms. The third-order valence-corrected chi connectivity index (χ3v) is 3.49. The van der Waals surface area contributed by atoms with Gasteiger partial charge in [0.1, 0.15) is 6.04 Å². The minimum Gasteiger partial charge on any atom is -0.480 e. The third-order valence-electron chi connectivity index (χ3n) is 1.64. The Morgan fingerprint density at radius 1 is 1.47 bits per heavy atom. The second kappa shape index (κ2) is 5.61. The number of benzene rings is 1. The second-order valence-electron chi connectivity index (χ2n) is 2.83. The second-order valence-corrected chi connectivity index (χ2v) is 4.74. The first-order valence-electron chi connectivity index (χ1n) is 4.07. The van der Waals surface area contributed by atoms with Gasteiger partial charge < -0.3 is 10.8 Å². The highest BCUT2D eigenvalue weighted by molar-refractivity contribution is 7.99. The lowest BCUT2D eigenvalue weighted by molar-refractivity contribution is -0.137. The highest BCUT2D eigenvalue weighted by Crippen LogP contribution is 2.28. The molecule has 1 atom stereocenters. The standard InChI is InChI=1S/C9H9Cl2NO2S/c10-6-2-1-5(3-7(6)11)15-4-8(12)9(13)14/h1-3,8H,4,12H2,(H,13,14). The largest absolute Gasteiger partial charge is 0.480 e. The van der Waals surface area contributed by atoms with Gasteiger partial charge in [0.25, 0.3) is 0 Å². The minimum absolute atomic E-state index is 0.299. The number of aliphatic carboxylic acids is 1. The maximum absolute atomic E-state index is 10.5. The first-order valence-corrected chi connectivity index (χ1v) is 5.81. The van der Waals surface area contributed by atoms with Gasteiger partial charge in [-0.1, -0.05) is 23.2 Å². The lowest BCUT2D eigenvalue weighted by atomic mass is 10.4. The van der Waals surface area contributed by atoms with E-state index < -0.39 is 12.0 Å². The molecule has 0 aliphatic heterocycles. The van der Waals surface area contributed by atoms with Crippen LogP contribution in [-0.4, -0.2) is 22.9 Å². The molecule has 1 unspecified atom stereocenters. The van der Waals surface area contributed by atoms with Gasteiger partial charge in [-0.05, 0) is 18.2 Å². The molecule has 3 N–H and O–H groups in total. The summed E-state index contributed by atoms with van der Waals surface area (Å²) in [7, 11) is 0. The number of hydrogen-bond donors (Lipinski definition) is 2. The topological polar surface area (TPSA) is 63.3 Å². The highest BCUT2D eigenvalue weighted by atomic mass is 35.5. The third kappa shape index (κ3) is 3.91. The van der Waals surface area contributed by atoms with Crippen LogP contribution in [0.5, 0.6) is 0 Å². The van der Waals surface area contributed by atoms with Crippen LogP contribution in [-0.2, 0) is 4.79 Å². The first kappa shape index (κ1) is 12.6. The molecule has 3 nitrogen and oxygen atoms in total. The molecular formula is C9H9Cl2NO2S. The zero-order valence-electron chi connectivity index (χ0n) is 7.61. The Kier molecular flexibility index (Phi) is 4.73. The molecular weight excluding hydrogens is 257 g/mol. The summed E-state index contributed by atoms with van der Waals surface area (Å²) < 4.78 is 0. The quantitative estimate of drug-likeness (QED) is 0.822. The number of carboxylic acids is 1. The summed E-state index contributed by atoms with van der Waals surface area (Å²) in [6.45, 7) is 0. The van der Waals surface area contributed by atoms with E-state index in [1.807, 2.05) is 0 Å². The molecule has 1 rings (SSSR count). The zero-order chi connectivity index (χ0) is 11.4. The van der Waals surface area contributed by atoms with Crippen molar-refractivity contribution >= 4 is 40.9 Å². The first-order chi connectivity index (χ1) is 7.00. The maximum atomic E-state index is 10.5. The predicted molar refractivity (Wildman–Crippen MR) is 62.8 cm³/mol. The molecule has 15 heavy (non-hydrogen) atoms. The van der Waals surface area contributed by atoms with E-state index in [1.165, 1.54) is 11.8 Å². The fourth-order valence-electron chi connectivity index (χ4n) is 0.824. The van der Waals surface area contributed by atoms with Crippen molar-refractivity contribution in [3.63, 3.8) is 0 Å². The highest BCUT2D eigenvalue weighted by Gasteiger charge is 2.11. The van der Waals surface area contributed by atoms with Crippen molar-refractivity contribution < 1.29 is 9.90 Å². The van der Waals surface area contributed by atoms with Crippen LogP contribution in [0.1, 0.15) is 0 Å². The Balaban J connectivity index is 2.58. The lowest BCUT2D eigenvalue weighted by Gasteiger charge is -2.06. The molecule has 1 aromatic rings. The minimum atomic E-state index is -1.01. The number of halogens is 2. The molecule has 0 amide bonds. The Bertz CT molecular complexity index is 373. The fourth-order valence-corrected chi connectivity index (χ4v) is 2.07. The van der Waals surface area contributed by atoms with Crippen LogP contribution >= 0.6 is 35.0 Å². The Labute approximate surface area is 102 Å². The molecule has 6 heteroatoms. The van der Waals surface area contributed by atoms with E-state index in [1.54, 1.807) is 18.2 Å². The van der Waals surface area contributed by atoms with E-state index in [4.69, 9.17) is 34.0 Å². The van der Waals surface area contributed by atoms with Crippen molar-refractivity contribution in [2.75, 3.05) is 5.75 Å². The SMILES string of the molecule is NC(CSc1ccc(Cl)c(Cl)c1)C(=O)O. The number of rotatable bonds is 4. The van der Waals surface area contributed by atoms with Crippen LogP contribution in [0.25, 0.3) is 0 Å². The van der Waals surface area contributed by atoms with Gasteiger partial charge in [-0.15, -0.1) is 11.8 Å². The van der Waals surface area contributed by atoms with E-state index in [0.717, 1.165) is 4.90 Å². The van der Waals surface area contributed by atoms with Gasteiger partial charge in [0.2, 0.25) is 0 Å². The van der Waals surface area contributed by atoms with E-state index >= 15 is 0 Å². The fraction of sp³-hybridized carbons (Fsp3) is 0.222. The molecule has 82 valence electrons. The monoisotopic (exact) mass is 265 g/mol. The molecule has 0 aromatic heterocycles. The smallest absolute Gasteiger partial charge is 0.321 e. The van der Waals surface area contributed by atoms with Gasteiger partial charge in [0.15, 0.2) is 0 Å². The van der Waals surface area contributed by atoms with Crippen molar-refractivity contribution in [1.82, 2.24) is 0 Å². The molecule has 0 aliphatic rings. The van der Waals surface area contributed by atoms with E-state index in [2.05, 4.69) is 0 Å². The van der Waals surface area contributed by atoms with Crippen molar-refractivity contribution in [3.05, 3.63) is 28.2 Å². The Morgan fingerprint density at radius 2 is 2.13 bits per heavy atom. The summed E-state index contributed by atoms with van der Waals surface area (Å²) in [5.41, 5.74) is 5.35. The molecule has 0 bridgehead atoms. The van der Waals surface area contributed by atoms with Crippen LogP contribution in [0.3, 0.4) is 0 Å². The molecule has 0 saturated heterocycles. The number of thioether (sulfide) groups is 1. The number of carboxylic acid groups (broad SMARTS) is 1. The normalized spacial score (nSPS) is 12.5. The van der Waals surface area contributed by atoms with Crippen LogP contribution in [0, 0.1) is 0 Å². The average Bonchev–Trinajstić information content (AvgIpc) is 2.19. The molecule has 0 radical (unpaired) electrons. The molecule has 0 fully saturated rings. The van der Waals surface area contributed by atoms with Crippen molar-refractivity contribution in [2.24, 2.45) is 5.73 Å². The Hall–Kier alpha value is -0.420. The van der Waals surface area contributed by atoms with Crippen LogP contribution in [0.15, 0.2) is 23.1 Å². The van der Waals surface area contributed by atoms with Gasteiger partial charge in [0, 0.05) is 10.6 Å². The predicted octanol–water partition coefficient (Wildman–Crippen LogP) is 2.50. The van der Waals surface area contributed by atoms with Crippen LogP contribution < -0.4 is 5.73 Å². The van der Waals surface area contributed by atoms with Crippen molar-refractivity contribution in [3.8, 4) is 0 Å². The maximum Gasteiger partial charge on any atom is 0.321 e. The number of hydrogen-bond acceptors (Lipinski definition) is 3. The summed E-state index contributed by atoms with van der Waals surface area (Å²) in [5, 5.41) is 9.50. The Morgan fingerprint density at radius 3 is 2.67 bits per heavy atom. The summed E-state index contributed by atoms with van der Waals surface area (Å²) >= 11 is 12.9. The lowest BCUT2D eigenvalue weighted by Crippen LogP contribution is -2.32. The van der Waals surface area contributed by atoms with E-state index in [-0.39, 0.29) is 0 Å². The van der Waals surface area contributed by atoms with Gasteiger partial charge in [0.05, 0.1) is 10.0 Å². The number of carbonyl (C=O) groups is 1. The summed E-state index contributed by atoms with van der Waals surface area (Å²) in [5.74, 6) is -0.713. The van der Waals surface area contributed by atoms with Gasteiger partial charge in [-0.3, -0.25) is 4.79 Å². The molecule has 0 aliphatic carbocycles. The van der Waals surface area contributed by atoms with E-state index in [9.17, 15) is 4.79 Å². The summed E-state index contributed by atoms with van der Waals surface area (Å²) in [6.07, 6.45) is 0. The van der Waals surface area contributed by atoms with Crippen molar-refractivity contribution in [1.29, 1.82) is 0 Å². The van der Waals surface area contributed by atoms with Crippen molar-refractivity contribution in [2.45, 2.75) is 10.9 Å². The van der Waals surface area contributed by atoms with Gasteiger partial charge >= 0.3 is 5.97 Å². The molecule has 0 heterocycles. The summed E-state index contributed by atoms with van der Waals surface area (Å²) in [4.78, 5) is 11.3. The molecule has 1 aromatic carbocycles. The van der Waals surface area contributed by atoms with E-state index in [0.29, 0.717) is 15.8 Å².